The molecule has 0 aliphatic carbocycles. The third-order valence-corrected chi connectivity index (χ3v) is 5.72. The molecule has 0 unspecified atom stereocenters. The topological polar surface area (TPSA) is 68.1 Å². The van der Waals surface area contributed by atoms with Crippen molar-refractivity contribution in [3.8, 4) is 22.6 Å². The Hall–Kier alpha value is -3.58. The standard InChI is InChI=1S/C25H27N3O4/c1-26-10-12-27(13-11-26)22-14-21(20-8-9-24(28(29)30)25(16-20)31-2)15-23(17-22)32-18-19-6-4-3-5-7-19/h3-9,14-17H,10-13,18H2,1-2H3. The fourth-order valence-corrected chi connectivity index (χ4v) is 3.83. The maximum absolute atomic E-state index is 11.3. The van der Waals surface area contributed by atoms with Gasteiger partial charge in [-0.15, -0.1) is 0 Å². The van der Waals surface area contributed by atoms with Crippen molar-refractivity contribution < 1.29 is 14.4 Å². The summed E-state index contributed by atoms with van der Waals surface area (Å²) < 4.78 is 11.4. The van der Waals surface area contributed by atoms with Crippen LogP contribution in [0.15, 0.2) is 66.7 Å². The van der Waals surface area contributed by atoms with Gasteiger partial charge in [-0.25, -0.2) is 0 Å². The summed E-state index contributed by atoms with van der Waals surface area (Å²) in [6.45, 7) is 4.32. The molecular formula is C25H27N3O4. The van der Waals surface area contributed by atoms with E-state index in [1.165, 1.54) is 13.2 Å². The number of rotatable bonds is 7. The Bertz CT molecular complexity index is 1080. The molecule has 3 aromatic carbocycles. The number of ether oxygens (including phenoxy) is 2. The van der Waals surface area contributed by atoms with Gasteiger partial charge in [0.2, 0.25) is 0 Å². The van der Waals surface area contributed by atoms with Crippen LogP contribution in [0.1, 0.15) is 5.56 Å². The number of nitrogens with zero attached hydrogens (tertiary/aromatic N) is 3. The average molecular weight is 434 g/mol. The van der Waals surface area contributed by atoms with Crippen LogP contribution < -0.4 is 14.4 Å². The van der Waals surface area contributed by atoms with Crippen molar-refractivity contribution in [3.63, 3.8) is 0 Å². The number of hydrogen-bond acceptors (Lipinski definition) is 6. The summed E-state index contributed by atoms with van der Waals surface area (Å²) in [7, 11) is 3.58. The van der Waals surface area contributed by atoms with Crippen molar-refractivity contribution in [2.24, 2.45) is 0 Å². The van der Waals surface area contributed by atoms with Crippen LogP contribution in [0.25, 0.3) is 11.1 Å². The molecule has 1 saturated heterocycles. The van der Waals surface area contributed by atoms with Crippen molar-refractivity contribution in [2.45, 2.75) is 6.61 Å². The predicted octanol–water partition coefficient (Wildman–Crippen LogP) is 4.60. The fraction of sp³-hybridized carbons (Fsp3) is 0.280. The molecule has 7 nitrogen and oxygen atoms in total. The Morgan fingerprint density at radius 1 is 0.938 bits per heavy atom. The zero-order valence-electron chi connectivity index (χ0n) is 18.4. The van der Waals surface area contributed by atoms with Crippen molar-refractivity contribution in [2.75, 3.05) is 45.2 Å². The van der Waals surface area contributed by atoms with Gasteiger partial charge >= 0.3 is 5.69 Å². The van der Waals surface area contributed by atoms with Gasteiger partial charge in [0, 0.05) is 44.0 Å². The first kappa shape index (κ1) is 21.6. The second kappa shape index (κ2) is 9.70. The summed E-state index contributed by atoms with van der Waals surface area (Å²) >= 11 is 0. The minimum atomic E-state index is -0.433. The van der Waals surface area contributed by atoms with Crippen molar-refractivity contribution in [3.05, 3.63) is 82.4 Å². The summed E-state index contributed by atoms with van der Waals surface area (Å²) in [5.74, 6) is 1.00. The van der Waals surface area contributed by atoms with E-state index in [9.17, 15) is 10.1 Å². The van der Waals surface area contributed by atoms with E-state index < -0.39 is 4.92 Å². The van der Waals surface area contributed by atoms with Crippen molar-refractivity contribution >= 4 is 11.4 Å². The number of hydrogen-bond donors (Lipinski definition) is 0. The van der Waals surface area contributed by atoms with E-state index in [0.717, 1.165) is 54.3 Å². The van der Waals surface area contributed by atoms with Crippen LogP contribution in [0.4, 0.5) is 11.4 Å². The molecular weight excluding hydrogens is 406 g/mol. The highest BCUT2D eigenvalue weighted by Crippen LogP contribution is 2.36. The number of benzene rings is 3. The highest BCUT2D eigenvalue weighted by atomic mass is 16.6. The lowest BCUT2D eigenvalue weighted by molar-refractivity contribution is -0.385. The molecule has 0 spiro atoms. The van der Waals surface area contributed by atoms with Crippen LogP contribution in [0.2, 0.25) is 0 Å². The maximum Gasteiger partial charge on any atom is 0.310 e. The molecule has 0 bridgehead atoms. The van der Waals surface area contributed by atoms with Gasteiger partial charge in [0.25, 0.3) is 0 Å². The molecule has 0 saturated carbocycles. The number of likely N-dealkylation sites (N-methyl/N-ethyl adjacent to an activating group) is 1. The van der Waals surface area contributed by atoms with E-state index in [2.05, 4.69) is 29.0 Å². The second-order valence-corrected chi connectivity index (χ2v) is 7.92. The van der Waals surface area contributed by atoms with E-state index in [4.69, 9.17) is 9.47 Å². The summed E-state index contributed by atoms with van der Waals surface area (Å²) in [4.78, 5) is 15.5. The highest BCUT2D eigenvalue weighted by Gasteiger charge is 2.19. The first-order valence-electron chi connectivity index (χ1n) is 10.6. The summed E-state index contributed by atoms with van der Waals surface area (Å²) in [5, 5.41) is 11.3. The number of anilines is 1. The van der Waals surface area contributed by atoms with Gasteiger partial charge in [-0.3, -0.25) is 10.1 Å². The molecule has 1 fully saturated rings. The van der Waals surface area contributed by atoms with Crippen LogP contribution in [-0.2, 0) is 6.61 Å². The highest BCUT2D eigenvalue weighted by molar-refractivity contribution is 5.74. The van der Waals surface area contributed by atoms with Gasteiger partial charge in [0.15, 0.2) is 5.75 Å². The molecule has 1 heterocycles. The Morgan fingerprint density at radius 2 is 1.69 bits per heavy atom. The lowest BCUT2D eigenvalue weighted by Crippen LogP contribution is -2.44. The number of methoxy groups -OCH3 is 1. The molecule has 4 rings (SSSR count). The molecule has 0 radical (unpaired) electrons. The Kier molecular flexibility index (Phi) is 6.56. The minimum absolute atomic E-state index is 0.0491. The minimum Gasteiger partial charge on any atom is -0.490 e. The fourth-order valence-electron chi connectivity index (χ4n) is 3.83. The second-order valence-electron chi connectivity index (χ2n) is 7.92. The van der Waals surface area contributed by atoms with Crippen LogP contribution in [-0.4, -0.2) is 50.2 Å². The zero-order valence-corrected chi connectivity index (χ0v) is 18.4. The molecule has 1 aliphatic rings. The van der Waals surface area contributed by atoms with Crippen molar-refractivity contribution in [1.82, 2.24) is 4.90 Å². The zero-order chi connectivity index (χ0) is 22.5. The molecule has 7 heteroatoms. The molecule has 0 amide bonds. The van der Waals surface area contributed by atoms with Crippen LogP contribution in [0.3, 0.4) is 0 Å². The molecule has 1 aliphatic heterocycles. The van der Waals surface area contributed by atoms with Gasteiger partial charge in [-0.2, -0.15) is 0 Å². The van der Waals surface area contributed by atoms with Gasteiger partial charge in [0.1, 0.15) is 12.4 Å². The third-order valence-electron chi connectivity index (χ3n) is 5.72. The van der Waals surface area contributed by atoms with E-state index in [-0.39, 0.29) is 11.4 Å². The first-order valence-corrected chi connectivity index (χ1v) is 10.6. The van der Waals surface area contributed by atoms with Gasteiger partial charge in [-0.1, -0.05) is 30.3 Å². The maximum atomic E-state index is 11.3. The Labute approximate surface area is 187 Å². The van der Waals surface area contributed by atoms with E-state index in [1.807, 2.05) is 36.4 Å². The Morgan fingerprint density at radius 3 is 2.38 bits per heavy atom. The van der Waals surface area contributed by atoms with Crippen LogP contribution in [0, 0.1) is 10.1 Å². The number of nitro groups is 1. The summed E-state index contributed by atoms with van der Waals surface area (Å²) in [5.41, 5.74) is 3.89. The van der Waals surface area contributed by atoms with Crippen LogP contribution in [0.5, 0.6) is 11.5 Å². The average Bonchev–Trinajstić information content (AvgIpc) is 2.83. The molecule has 0 atom stereocenters. The van der Waals surface area contributed by atoms with E-state index >= 15 is 0 Å². The van der Waals surface area contributed by atoms with Gasteiger partial charge in [0.05, 0.1) is 12.0 Å². The molecule has 0 aromatic heterocycles. The van der Waals surface area contributed by atoms with Gasteiger partial charge < -0.3 is 19.3 Å². The third kappa shape index (κ3) is 5.00. The SMILES string of the molecule is COc1cc(-c2cc(OCc3ccccc3)cc(N3CCN(C)CC3)c2)ccc1[N+](=O)[O-]. The lowest BCUT2D eigenvalue weighted by atomic mass is 10.0. The van der Waals surface area contributed by atoms with E-state index in [1.54, 1.807) is 12.1 Å². The van der Waals surface area contributed by atoms with Gasteiger partial charge in [-0.05, 0) is 48.0 Å². The summed E-state index contributed by atoms with van der Waals surface area (Å²) in [6.07, 6.45) is 0. The lowest BCUT2D eigenvalue weighted by Gasteiger charge is -2.34. The van der Waals surface area contributed by atoms with Crippen molar-refractivity contribution in [1.29, 1.82) is 0 Å². The smallest absolute Gasteiger partial charge is 0.310 e. The first-order chi connectivity index (χ1) is 15.5. The summed E-state index contributed by atoms with van der Waals surface area (Å²) in [6, 6.07) is 21.2. The Balaban J connectivity index is 1.68. The number of piperazine rings is 1. The molecule has 3 aromatic rings. The predicted molar refractivity (Wildman–Crippen MR) is 126 cm³/mol. The largest absolute Gasteiger partial charge is 0.490 e. The quantitative estimate of drug-likeness (QED) is 0.401. The monoisotopic (exact) mass is 433 g/mol. The molecule has 0 N–H and O–H groups in total. The molecule has 32 heavy (non-hydrogen) atoms. The number of nitro benzene ring substituents is 1. The normalized spacial score (nSPS) is 14.2. The molecule has 166 valence electrons. The van der Waals surface area contributed by atoms with Crippen LogP contribution >= 0.6 is 0 Å². The van der Waals surface area contributed by atoms with E-state index in [0.29, 0.717) is 6.61 Å².